The van der Waals surface area contributed by atoms with Crippen molar-refractivity contribution in [1.29, 1.82) is 5.26 Å². The molecule has 0 saturated carbocycles. The molecule has 1 aliphatic rings. The lowest BCUT2D eigenvalue weighted by molar-refractivity contribution is 0.240. The number of carbonyl (C=O) groups is 1. The number of fused-ring (bicyclic) bond motifs is 3. The second-order valence-corrected chi connectivity index (χ2v) is 9.72. The summed E-state index contributed by atoms with van der Waals surface area (Å²) in [5, 5.41) is 12.8. The van der Waals surface area contributed by atoms with E-state index in [1.807, 2.05) is 36.4 Å². The predicted octanol–water partition coefficient (Wildman–Crippen LogP) is 5.78. The number of pyridine rings is 1. The Labute approximate surface area is 221 Å². The summed E-state index contributed by atoms with van der Waals surface area (Å²) >= 11 is 3.55. The zero-order chi connectivity index (χ0) is 25.9. The standard InChI is InChI=1S/C28H22BrF2N5O/c29-21-5-6-25-22(14-21)23-17-35(10-1-2-18-3-4-20(15-32)24(30)12-18)11-8-26(23)36(25)28(37)34-16-19-7-9-33-27(31)13-19/h1-7,9,12-14H,8,10-11,16-17H2,(H,34,37). The fourth-order valence-corrected chi connectivity index (χ4v) is 5.01. The Morgan fingerprint density at radius 2 is 2.05 bits per heavy atom. The molecule has 2 aromatic carbocycles. The second kappa shape index (κ2) is 10.6. The number of nitrogens with zero attached hydrogens (tertiary/aromatic N) is 4. The lowest BCUT2D eigenvalue weighted by Crippen LogP contribution is -2.34. The molecule has 0 bridgehead atoms. The molecule has 3 heterocycles. The van der Waals surface area contributed by atoms with Gasteiger partial charge in [0.1, 0.15) is 11.9 Å². The maximum atomic E-state index is 13.9. The molecule has 5 rings (SSSR count). The minimum absolute atomic E-state index is 0.0280. The Bertz CT molecular complexity index is 1570. The molecule has 0 fully saturated rings. The molecule has 2 aromatic heterocycles. The molecule has 0 atom stereocenters. The second-order valence-electron chi connectivity index (χ2n) is 8.81. The monoisotopic (exact) mass is 561 g/mol. The Balaban J connectivity index is 1.35. The molecule has 1 aliphatic heterocycles. The van der Waals surface area contributed by atoms with Crippen LogP contribution in [0.5, 0.6) is 0 Å². The van der Waals surface area contributed by atoms with Crippen LogP contribution in [0.3, 0.4) is 0 Å². The van der Waals surface area contributed by atoms with E-state index in [4.69, 9.17) is 5.26 Å². The minimum atomic E-state index is -0.584. The summed E-state index contributed by atoms with van der Waals surface area (Å²) in [6, 6.07) is 14.9. The number of aromatic nitrogens is 2. The van der Waals surface area contributed by atoms with E-state index in [9.17, 15) is 13.6 Å². The molecule has 6 nitrogen and oxygen atoms in total. The number of hydrogen-bond donors (Lipinski definition) is 1. The van der Waals surface area contributed by atoms with Crippen LogP contribution in [0.25, 0.3) is 17.0 Å². The fourth-order valence-electron chi connectivity index (χ4n) is 4.65. The van der Waals surface area contributed by atoms with Gasteiger partial charge in [-0.25, -0.2) is 14.2 Å². The summed E-state index contributed by atoms with van der Waals surface area (Å²) in [4.78, 5) is 19.1. The summed E-state index contributed by atoms with van der Waals surface area (Å²) in [6.07, 6.45) is 5.87. The van der Waals surface area contributed by atoms with Crippen LogP contribution in [0, 0.1) is 23.1 Å². The van der Waals surface area contributed by atoms with E-state index in [-0.39, 0.29) is 18.1 Å². The number of hydrogen-bond acceptors (Lipinski definition) is 4. The van der Waals surface area contributed by atoms with Crippen molar-refractivity contribution in [2.45, 2.75) is 19.5 Å². The van der Waals surface area contributed by atoms with Crippen molar-refractivity contribution < 1.29 is 13.6 Å². The van der Waals surface area contributed by atoms with Crippen molar-refractivity contribution in [3.05, 3.63) is 105 Å². The van der Waals surface area contributed by atoms with E-state index >= 15 is 0 Å². The van der Waals surface area contributed by atoms with Crippen LogP contribution in [-0.4, -0.2) is 33.6 Å². The summed E-state index contributed by atoms with van der Waals surface area (Å²) in [6.45, 7) is 2.25. The van der Waals surface area contributed by atoms with Crippen LogP contribution < -0.4 is 5.32 Å². The normalized spacial score (nSPS) is 13.6. The molecule has 0 aliphatic carbocycles. The predicted molar refractivity (Wildman–Crippen MR) is 141 cm³/mol. The zero-order valence-corrected chi connectivity index (χ0v) is 21.3. The first-order chi connectivity index (χ1) is 17.9. The number of amides is 1. The van der Waals surface area contributed by atoms with Gasteiger partial charge in [0.05, 0.1) is 11.1 Å². The van der Waals surface area contributed by atoms with Crippen molar-refractivity contribution in [2.24, 2.45) is 0 Å². The van der Waals surface area contributed by atoms with Gasteiger partial charge in [-0.3, -0.25) is 9.47 Å². The van der Waals surface area contributed by atoms with Gasteiger partial charge in [0.15, 0.2) is 0 Å². The number of rotatable bonds is 5. The van der Waals surface area contributed by atoms with Gasteiger partial charge in [-0.2, -0.15) is 9.65 Å². The van der Waals surface area contributed by atoms with Crippen LogP contribution in [0.4, 0.5) is 13.6 Å². The van der Waals surface area contributed by atoms with Crippen LogP contribution in [0.15, 0.2) is 65.3 Å². The van der Waals surface area contributed by atoms with Gasteiger partial charge >= 0.3 is 6.03 Å². The third-order valence-electron chi connectivity index (χ3n) is 6.41. The van der Waals surface area contributed by atoms with E-state index in [0.717, 1.165) is 33.2 Å². The summed E-state index contributed by atoms with van der Waals surface area (Å²) in [5.74, 6) is -1.11. The van der Waals surface area contributed by atoms with Crippen LogP contribution in [0.1, 0.15) is 27.9 Å². The highest BCUT2D eigenvalue weighted by Gasteiger charge is 2.26. The molecular formula is C28H22BrF2N5O. The maximum absolute atomic E-state index is 13.9. The van der Waals surface area contributed by atoms with Crippen molar-refractivity contribution in [3.63, 3.8) is 0 Å². The Hall–Kier alpha value is -3.87. The average Bonchev–Trinajstić information content (AvgIpc) is 3.20. The van der Waals surface area contributed by atoms with Gasteiger partial charge in [-0.1, -0.05) is 34.1 Å². The van der Waals surface area contributed by atoms with Crippen LogP contribution >= 0.6 is 15.9 Å². The number of halogens is 3. The molecule has 9 heteroatoms. The Morgan fingerprint density at radius 3 is 2.84 bits per heavy atom. The number of carbonyl (C=O) groups excluding carboxylic acids is 1. The Morgan fingerprint density at radius 1 is 1.19 bits per heavy atom. The zero-order valence-electron chi connectivity index (χ0n) is 19.7. The minimum Gasteiger partial charge on any atom is -0.333 e. The molecule has 1 N–H and O–H groups in total. The highest BCUT2D eigenvalue weighted by Crippen LogP contribution is 2.33. The van der Waals surface area contributed by atoms with E-state index in [1.54, 1.807) is 16.7 Å². The summed E-state index contributed by atoms with van der Waals surface area (Å²) in [5.41, 5.74) is 4.22. The lowest BCUT2D eigenvalue weighted by Gasteiger charge is -2.27. The SMILES string of the molecule is N#Cc1ccc(C=CCN2CCc3c(c4cc(Br)ccc4n3C(=O)NCc3ccnc(F)c3)C2)cc1F. The number of nitriles is 1. The third kappa shape index (κ3) is 5.31. The van der Waals surface area contributed by atoms with Crippen molar-refractivity contribution in [3.8, 4) is 6.07 Å². The Kier molecular flexibility index (Phi) is 7.12. The van der Waals surface area contributed by atoms with E-state index in [2.05, 4.69) is 31.1 Å². The molecule has 4 aromatic rings. The first-order valence-corrected chi connectivity index (χ1v) is 12.5. The van der Waals surface area contributed by atoms with Gasteiger partial charge in [0.2, 0.25) is 5.95 Å². The maximum Gasteiger partial charge on any atom is 0.326 e. The van der Waals surface area contributed by atoms with Gasteiger partial charge in [-0.05, 0) is 59.2 Å². The first-order valence-electron chi connectivity index (χ1n) is 11.7. The lowest BCUT2D eigenvalue weighted by atomic mass is 10.0. The third-order valence-corrected chi connectivity index (χ3v) is 6.91. The number of nitrogens with one attached hydrogen (secondary N) is 1. The summed E-state index contributed by atoms with van der Waals surface area (Å²) < 4.78 is 30.0. The van der Waals surface area contributed by atoms with Gasteiger partial charge in [-0.15, -0.1) is 0 Å². The molecule has 0 unspecified atom stereocenters. The quantitative estimate of drug-likeness (QED) is 0.313. The molecule has 0 spiro atoms. The molecule has 0 radical (unpaired) electrons. The molecule has 186 valence electrons. The van der Waals surface area contributed by atoms with E-state index < -0.39 is 11.8 Å². The number of benzene rings is 2. The first kappa shape index (κ1) is 24.8. The fraction of sp³-hybridized carbons (Fsp3) is 0.179. The smallest absolute Gasteiger partial charge is 0.326 e. The van der Waals surface area contributed by atoms with Gasteiger partial charge in [0, 0.05) is 54.3 Å². The van der Waals surface area contributed by atoms with Crippen LogP contribution in [0.2, 0.25) is 0 Å². The molecule has 37 heavy (non-hydrogen) atoms. The van der Waals surface area contributed by atoms with E-state index in [0.29, 0.717) is 30.6 Å². The highest BCUT2D eigenvalue weighted by atomic mass is 79.9. The summed E-state index contributed by atoms with van der Waals surface area (Å²) in [7, 11) is 0. The van der Waals surface area contributed by atoms with Crippen molar-refractivity contribution >= 4 is 38.9 Å². The largest absolute Gasteiger partial charge is 0.333 e. The average molecular weight is 562 g/mol. The molecular weight excluding hydrogens is 540 g/mol. The van der Waals surface area contributed by atoms with Crippen molar-refractivity contribution in [2.75, 3.05) is 13.1 Å². The van der Waals surface area contributed by atoms with E-state index in [1.165, 1.54) is 24.4 Å². The van der Waals surface area contributed by atoms with Crippen LogP contribution in [-0.2, 0) is 19.5 Å². The van der Waals surface area contributed by atoms with Gasteiger partial charge in [0.25, 0.3) is 0 Å². The van der Waals surface area contributed by atoms with Gasteiger partial charge < -0.3 is 5.32 Å². The highest BCUT2D eigenvalue weighted by molar-refractivity contribution is 9.10. The van der Waals surface area contributed by atoms with Crippen molar-refractivity contribution in [1.82, 2.24) is 19.8 Å². The topological polar surface area (TPSA) is 74.0 Å². The molecule has 0 saturated heterocycles. The molecule has 1 amide bonds.